The van der Waals surface area contributed by atoms with E-state index in [0.717, 1.165) is 16.7 Å². The van der Waals surface area contributed by atoms with Crippen LogP contribution in [-0.2, 0) is 9.30 Å². The van der Waals surface area contributed by atoms with Crippen molar-refractivity contribution in [3.05, 3.63) is 45.0 Å². The van der Waals surface area contributed by atoms with E-state index in [1.165, 1.54) is 6.20 Å². The van der Waals surface area contributed by atoms with Gasteiger partial charge in [0.1, 0.15) is 6.10 Å². The number of aliphatic hydroxyl groups is 1. The Bertz CT molecular complexity index is 673. The molecule has 0 unspecified atom stereocenters. The molecule has 0 bridgehead atoms. The first-order chi connectivity index (χ1) is 9.26. The van der Waals surface area contributed by atoms with Crippen molar-refractivity contribution in [2.24, 2.45) is 0 Å². The van der Waals surface area contributed by atoms with E-state index in [-0.39, 0.29) is 6.42 Å². The Morgan fingerprint density at radius 1 is 1.45 bits per heavy atom. The lowest BCUT2D eigenvalue weighted by Crippen LogP contribution is -2.34. The highest BCUT2D eigenvalue weighted by Gasteiger charge is 2.34. The maximum Gasteiger partial charge on any atom is 0.348 e. The number of H-pyrrole nitrogens is 1. The number of aromatic amines is 1. The first-order valence-electron chi connectivity index (χ1n) is 5.66. The molecule has 9 nitrogen and oxygen atoms in total. The van der Waals surface area contributed by atoms with Crippen molar-refractivity contribution >= 4 is 7.60 Å². The predicted molar refractivity (Wildman–Crippen MR) is 67.0 cm³/mol. The molecule has 2 rings (SSSR count). The molecule has 0 aliphatic carbocycles. The molecule has 1 fully saturated rings. The van der Waals surface area contributed by atoms with Gasteiger partial charge in [0.2, 0.25) is 0 Å². The molecule has 1 aromatic heterocycles. The van der Waals surface area contributed by atoms with Gasteiger partial charge in [0, 0.05) is 24.5 Å². The van der Waals surface area contributed by atoms with Crippen molar-refractivity contribution in [2.45, 2.75) is 24.9 Å². The zero-order chi connectivity index (χ0) is 14.9. The minimum Gasteiger partial charge on any atom is -0.388 e. The van der Waals surface area contributed by atoms with Crippen LogP contribution in [0.4, 0.5) is 0 Å². The lowest BCUT2D eigenvalue weighted by atomic mass is 10.2. The maximum atomic E-state index is 11.6. The van der Waals surface area contributed by atoms with E-state index in [2.05, 4.69) is 0 Å². The van der Waals surface area contributed by atoms with Crippen LogP contribution in [0.25, 0.3) is 0 Å². The summed E-state index contributed by atoms with van der Waals surface area (Å²) in [6.07, 6.45) is -0.394. The summed E-state index contributed by atoms with van der Waals surface area (Å²) < 4.78 is 17.1. The number of nitrogens with zero attached hydrogens (tertiary/aromatic N) is 1. The third kappa shape index (κ3) is 3.53. The van der Waals surface area contributed by atoms with Crippen LogP contribution in [0.1, 0.15) is 12.6 Å². The van der Waals surface area contributed by atoms with Crippen molar-refractivity contribution in [1.82, 2.24) is 9.55 Å². The summed E-state index contributed by atoms with van der Waals surface area (Å²) in [5.74, 6) is 0.683. The van der Waals surface area contributed by atoms with E-state index in [4.69, 9.17) is 14.5 Å². The first-order valence-corrected chi connectivity index (χ1v) is 7.34. The van der Waals surface area contributed by atoms with Crippen LogP contribution < -0.4 is 11.2 Å². The lowest BCUT2D eigenvalue weighted by molar-refractivity contribution is -0.0280. The van der Waals surface area contributed by atoms with Gasteiger partial charge in [-0.3, -0.25) is 18.9 Å². The first kappa shape index (κ1) is 14.9. The van der Waals surface area contributed by atoms with Gasteiger partial charge in [-0.2, -0.15) is 0 Å². The SMILES string of the molecule is O=c1ccn([C@@H]2O[C@H](/C=C/P(=O)(O)O)C[C@H]2O)c(=O)[nH]1. The molecule has 2 heterocycles. The van der Waals surface area contributed by atoms with Crippen LogP contribution in [0, 0.1) is 0 Å². The van der Waals surface area contributed by atoms with Gasteiger partial charge in [-0.1, -0.05) is 0 Å². The van der Waals surface area contributed by atoms with Gasteiger partial charge in [-0.25, -0.2) is 4.79 Å². The molecule has 0 saturated carbocycles. The van der Waals surface area contributed by atoms with Gasteiger partial charge in [0.05, 0.1) is 6.10 Å². The topological polar surface area (TPSA) is 142 Å². The summed E-state index contributed by atoms with van der Waals surface area (Å²) in [7, 11) is -4.30. The highest BCUT2D eigenvalue weighted by atomic mass is 31.2. The van der Waals surface area contributed by atoms with E-state index >= 15 is 0 Å². The summed E-state index contributed by atoms with van der Waals surface area (Å²) in [6.45, 7) is 0. The summed E-state index contributed by atoms with van der Waals surface area (Å²) >= 11 is 0. The molecular formula is C10H13N2O7P. The van der Waals surface area contributed by atoms with Crippen molar-refractivity contribution < 1.29 is 24.2 Å². The number of aromatic nitrogens is 2. The molecule has 0 aromatic carbocycles. The molecule has 1 aromatic rings. The molecule has 1 saturated heterocycles. The average molecular weight is 304 g/mol. The van der Waals surface area contributed by atoms with Gasteiger partial charge in [-0.15, -0.1) is 0 Å². The van der Waals surface area contributed by atoms with E-state index in [1.54, 1.807) is 0 Å². The molecule has 0 radical (unpaired) electrons. The van der Waals surface area contributed by atoms with Crippen LogP contribution in [0.15, 0.2) is 33.7 Å². The minimum absolute atomic E-state index is 0.0761. The number of ether oxygens (including phenoxy) is 1. The van der Waals surface area contributed by atoms with Crippen LogP contribution >= 0.6 is 7.60 Å². The molecule has 0 amide bonds. The zero-order valence-electron chi connectivity index (χ0n) is 10.1. The van der Waals surface area contributed by atoms with Gasteiger partial charge in [0.25, 0.3) is 5.56 Å². The Hall–Kier alpha value is -1.51. The van der Waals surface area contributed by atoms with Crippen LogP contribution in [-0.4, -0.2) is 36.7 Å². The number of nitrogens with one attached hydrogen (secondary N) is 1. The summed E-state index contributed by atoms with van der Waals surface area (Å²) in [4.78, 5) is 42.0. The summed E-state index contributed by atoms with van der Waals surface area (Å²) in [5, 5.41) is 9.83. The monoisotopic (exact) mass is 304 g/mol. The smallest absolute Gasteiger partial charge is 0.348 e. The second-order valence-corrected chi connectivity index (χ2v) is 5.79. The van der Waals surface area contributed by atoms with E-state index in [0.29, 0.717) is 5.82 Å². The highest BCUT2D eigenvalue weighted by molar-refractivity contribution is 7.55. The number of hydrogen-bond donors (Lipinski definition) is 4. The maximum absolute atomic E-state index is 11.6. The predicted octanol–water partition coefficient (Wildman–Crippen LogP) is -1.12. The number of hydrogen-bond acceptors (Lipinski definition) is 5. The minimum atomic E-state index is -4.30. The fraction of sp³-hybridized carbons (Fsp3) is 0.400. The van der Waals surface area contributed by atoms with Crippen molar-refractivity contribution in [1.29, 1.82) is 0 Å². The van der Waals surface area contributed by atoms with Gasteiger partial charge in [0.15, 0.2) is 6.23 Å². The molecule has 1 aliphatic rings. The molecule has 110 valence electrons. The van der Waals surface area contributed by atoms with E-state index in [1.807, 2.05) is 4.98 Å². The molecule has 1 aliphatic heterocycles. The van der Waals surface area contributed by atoms with Crippen LogP contribution in [0.5, 0.6) is 0 Å². The quantitative estimate of drug-likeness (QED) is 0.518. The Balaban J connectivity index is 2.19. The Morgan fingerprint density at radius 2 is 2.15 bits per heavy atom. The highest BCUT2D eigenvalue weighted by Crippen LogP contribution is 2.37. The van der Waals surface area contributed by atoms with Gasteiger partial charge in [-0.05, 0) is 6.08 Å². The lowest BCUT2D eigenvalue weighted by Gasteiger charge is -2.16. The largest absolute Gasteiger partial charge is 0.388 e. The molecule has 20 heavy (non-hydrogen) atoms. The fourth-order valence-electron chi connectivity index (χ4n) is 1.89. The average Bonchev–Trinajstić information content (AvgIpc) is 2.67. The second kappa shape index (κ2) is 5.47. The molecule has 0 spiro atoms. The van der Waals surface area contributed by atoms with Crippen molar-refractivity contribution in [3.63, 3.8) is 0 Å². The molecule has 10 heteroatoms. The molecule has 3 atom stereocenters. The van der Waals surface area contributed by atoms with E-state index in [9.17, 15) is 19.3 Å². The third-order valence-corrected chi connectivity index (χ3v) is 3.30. The van der Waals surface area contributed by atoms with Crippen LogP contribution in [0.2, 0.25) is 0 Å². The Morgan fingerprint density at radius 3 is 2.75 bits per heavy atom. The Labute approximate surface area is 112 Å². The number of aliphatic hydroxyl groups excluding tert-OH is 1. The normalized spacial score (nSPS) is 27.2. The molecule has 4 N–H and O–H groups in total. The summed E-state index contributed by atoms with van der Waals surface area (Å²) in [5.41, 5.74) is -1.31. The fourth-order valence-corrected chi connectivity index (χ4v) is 2.31. The zero-order valence-corrected chi connectivity index (χ0v) is 11.0. The van der Waals surface area contributed by atoms with Crippen molar-refractivity contribution in [2.75, 3.05) is 0 Å². The third-order valence-electron chi connectivity index (χ3n) is 2.74. The number of rotatable bonds is 3. The van der Waals surface area contributed by atoms with Crippen LogP contribution in [0.3, 0.4) is 0 Å². The van der Waals surface area contributed by atoms with E-state index < -0.39 is 37.3 Å². The second-order valence-electron chi connectivity index (χ2n) is 4.32. The molecular weight excluding hydrogens is 291 g/mol. The van der Waals surface area contributed by atoms with Gasteiger partial charge < -0.3 is 19.6 Å². The van der Waals surface area contributed by atoms with Gasteiger partial charge >= 0.3 is 13.3 Å². The van der Waals surface area contributed by atoms with Crippen molar-refractivity contribution in [3.8, 4) is 0 Å². The standard InChI is InChI=1S/C10H13N2O7P/c13-7-5-6(2-4-20(16,17)18)19-9(7)12-3-1-8(14)11-10(12)15/h1-4,6-7,9,13H,5H2,(H,11,14,15)(H2,16,17,18)/b4-2+/t6-,7-,9-/m1/s1. The summed E-state index contributed by atoms with van der Waals surface area (Å²) in [6, 6.07) is 1.11. The Kier molecular flexibility index (Phi) is 4.07.